The number of hydrogen-bond acceptors (Lipinski definition) is 6. The number of carbonyl (C=O) groups is 3. The normalized spacial score (nSPS) is 19.6. The van der Waals surface area contributed by atoms with Gasteiger partial charge in [-0.25, -0.2) is 17.6 Å². The Morgan fingerprint density at radius 2 is 1.66 bits per heavy atom. The molecule has 2 aliphatic rings. The Balaban J connectivity index is 1.64. The summed E-state index contributed by atoms with van der Waals surface area (Å²) in [5.74, 6) is -2.42. The topological polar surface area (TPSA) is 133 Å². The van der Waals surface area contributed by atoms with Crippen molar-refractivity contribution in [3.8, 4) is 5.75 Å². The largest absolute Gasteiger partial charge is 0.481 e. The van der Waals surface area contributed by atoms with Crippen LogP contribution in [-0.2, 0) is 19.6 Å². The van der Waals surface area contributed by atoms with Gasteiger partial charge >= 0.3 is 12.1 Å². The Kier molecular flexibility index (Phi) is 8.62. The Morgan fingerprint density at radius 1 is 1.00 bits per heavy atom. The molecule has 2 atom stereocenters. The number of amides is 2. The molecule has 0 bridgehead atoms. The second-order valence-electron chi connectivity index (χ2n) is 9.43. The predicted octanol–water partition coefficient (Wildman–Crippen LogP) is 3.20. The first kappa shape index (κ1) is 27.5. The van der Waals surface area contributed by atoms with Gasteiger partial charge < -0.3 is 15.2 Å². The van der Waals surface area contributed by atoms with Crippen LogP contribution in [0.3, 0.4) is 0 Å². The summed E-state index contributed by atoms with van der Waals surface area (Å²) in [6, 6.07) is 11.5. The van der Waals surface area contributed by atoms with Crippen LogP contribution in [0.5, 0.6) is 5.75 Å². The number of ether oxygens (including phenoxy) is 1. The summed E-state index contributed by atoms with van der Waals surface area (Å²) in [5.41, 5.74) is 0. The fraction of sp³-hybridized carbons (Fsp3) is 0.423. The molecule has 2 fully saturated rings. The molecule has 10 nitrogen and oxygen atoms in total. The van der Waals surface area contributed by atoms with Crippen molar-refractivity contribution in [2.24, 2.45) is 5.92 Å². The molecule has 2 amide bonds. The number of benzene rings is 2. The van der Waals surface area contributed by atoms with E-state index in [0.717, 1.165) is 65.6 Å². The number of para-hydroxylation sites is 1. The van der Waals surface area contributed by atoms with Gasteiger partial charge in [0.1, 0.15) is 11.6 Å². The number of rotatable bonds is 8. The van der Waals surface area contributed by atoms with E-state index in [1.54, 1.807) is 30.3 Å². The van der Waals surface area contributed by atoms with Crippen molar-refractivity contribution in [3.05, 3.63) is 60.4 Å². The SMILES string of the molecule is O=C(O)CC(NC(=O)C1N(C(=O)Oc2ccccc2)CCN1S(=O)(=O)c1ccc(F)cc1)C1CCCCC1. The lowest BCUT2D eigenvalue weighted by atomic mass is 9.82. The Morgan fingerprint density at radius 3 is 2.29 bits per heavy atom. The number of sulfonamides is 1. The van der Waals surface area contributed by atoms with E-state index in [0.29, 0.717) is 0 Å². The van der Waals surface area contributed by atoms with Crippen molar-refractivity contribution >= 4 is 28.0 Å². The lowest BCUT2D eigenvalue weighted by Crippen LogP contribution is -2.57. The molecule has 2 aromatic carbocycles. The van der Waals surface area contributed by atoms with Crippen LogP contribution in [0.2, 0.25) is 0 Å². The minimum Gasteiger partial charge on any atom is -0.481 e. The van der Waals surface area contributed by atoms with Gasteiger partial charge in [-0.2, -0.15) is 4.31 Å². The van der Waals surface area contributed by atoms with Gasteiger partial charge in [0.05, 0.1) is 11.3 Å². The third-order valence-corrected chi connectivity index (χ3v) is 8.78. The summed E-state index contributed by atoms with van der Waals surface area (Å²) in [5, 5.41) is 12.2. The molecule has 4 rings (SSSR count). The zero-order chi connectivity index (χ0) is 27.3. The first-order valence-corrected chi connectivity index (χ1v) is 13.9. The van der Waals surface area contributed by atoms with E-state index < -0.39 is 46.0 Å². The molecular formula is C26H30FN3O7S. The first-order valence-electron chi connectivity index (χ1n) is 12.5. The summed E-state index contributed by atoms with van der Waals surface area (Å²) in [6.45, 7) is -0.355. The highest BCUT2D eigenvalue weighted by atomic mass is 32.2. The Hall–Kier alpha value is -3.51. The van der Waals surface area contributed by atoms with E-state index in [-0.39, 0.29) is 36.1 Å². The van der Waals surface area contributed by atoms with Gasteiger partial charge in [0.15, 0.2) is 6.17 Å². The molecule has 0 aromatic heterocycles. The number of halogens is 1. The van der Waals surface area contributed by atoms with E-state index >= 15 is 0 Å². The number of carbonyl (C=O) groups excluding carboxylic acids is 2. The number of hydrogen-bond donors (Lipinski definition) is 2. The van der Waals surface area contributed by atoms with Gasteiger partial charge in [0.2, 0.25) is 10.0 Å². The molecule has 2 aromatic rings. The van der Waals surface area contributed by atoms with Crippen LogP contribution in [0.15, 0.2) is 59.5 Å². The smallest absolute Gasteiger partial charge is 0.417 e. The van der Waals surface area contributed by atoms with Crippen LogP contribution >= 0.6 is 0 Å². The molecule has 2 N–H and O–H groups in total. The second-order valence-corrected chi connectivity index (χ2v) is 11.3. The van der Waals surface area contributed by atoms with Crippen LogP contribution in [0, 0.1) is 11.7 Å². The average Bonchev–Trinajstić information content (AvgIpc) is 3.36. The van der Waals surface area contributed by atoms with Crippen molar-refractivity contribution < 1.29 is 37.0 Å². The lowest BCUT2D eigenvalue weighted by molar-refractivity contribution is -0.138. The summed E-state index contributed by atoms with van der Waals surface area (Å²) in [7, 11) is -4.33. The van der Waals surface area contributed by atoms with Gasteiger partial charge in [-0.15, -0.1) is 0 Å². The lowest BCUT2D eigenvalue weighted by Gasteiger charge is -2.33. The number of carboxylic acid groups (broad SMARTS) is 1. The Labute approximate surface area is 220 Å². The van der Waals surface area contributed by atoms with Gasteiger partial charge in [0.25, 0.3) is 5.91 Å². The number of carboxylic acids is 1. The highest BCUT2D eigenvalue weighted by molar-refractivity contribution is 7.89. The summed E-state index contributed by atoms with van der Waals surface area (Å²) < 4.78 is 46.7. The van der Waals surface area contributed by atoms with Crippen molar-refractivity contribution in [1.82, 2.24) is 14.5 Å². The molecule has 1 heterocycles. The maximum atomic E-state index is 13.7. The molecule has 0 radical (unpaired) electrons. The maximum absolute atomic E-state index is 13.7. The van der Waals surface area contributed by atoms with E-state index in [1.807, 2.05) is 0 Å². The third-order valence-electron chi connectivity index (χ3n) is 6.91. The first-order chi connectivity index (χ1) is 18.2. The average molecular weight is 548 g/mol. The minimum atomic E-state index is -4.33. The van der Waals surface area contributed by atoms with Gasteiger partial charge in [-0.3, -0.25) is 14.5 Å². The van der Waals surface area contributed by atoms with Crippen molar-refractivity contribution in [3.63, 3.8) is 0 Å². The quantitative estimate of drug-likeness (QED) is 0.519. The van der Waals surface area contributed by atoms with Crippen LogP contribution in [-0.4, -0.2) is 66.0 Å². The molecule has 12 heteroatoms. The third kappa shape index (κ3) is 6.30. The molecule has 0 spiro atoms. The monoisotopic (exact) mass is 547 g/mol. The Bertz CT molecular complexity index is 1250. The van der Waals surface area contributed by atoms with Crippen LogP contribution in [0.4, 0.5) is 9.18 Å². The molecule has 1 saturated carbocycles. The van der Waals surface area contributed by atoms with Crippen LogP contribution < -0.4 is 10.1 Å². The molecule has 1 saturated heterocycles. The summed E-state index contributed by atoms with van der Waals surface area (Å²) in [6.07, 6.45) is 1.42. The summed E-state index contributed by atoms with van der Waals surface area (Å²) >= 11 is 0. The highest BCUT2D eigenvalue weighted by Gasteiger charge is 2.48. The maximum Gasteiger partial charge on any atom is 0.417 e. The van der Waals surface area contributed by atoms with Crippen molar-refractivity contribution in [2.45, 2.75) is 55.6 Å². The van der Waals surface area contributed by atoms with E-state index in [1.165, 1.54) is 0 Å². The van der Waals surface area contributed by atoms with Crippen molar-refractivity contribution in [1.29, 1.82) is 0 Å². The number of nitrogens with zero attached hydrogens (tertiary/aromatic N) is 2. The van der Waals surface area contributed by atoms with Gasteiger partial charge in [0, 0.05) is 19.1 Å². The standard InChI is InChI=1S/C26H30FN3O7S/c27-19-11-13-21(14-12-19)38(35,36)30-16-15-29(26(34)37-20-9-5-2-6-10-20)25(30)24(33)28-22(17-23(31)32)18-7-3-1-4-8-18/h2,5-6,9-14,18,22,25H,1,3-4,7-8,15-17H2,(H,28,33)(H,31,32). The number of aliphatic carboxylic acids is 1. The molecular weight excluding hydrogens is 517 g/mol. The van der Waals surface area contributed by atoms with E-state index in [4.69, 9.17) is 4.74 Å². The molecule has 38 heavy (non-hydrogen) atoms. The highest BCUT2D eigenvalue weighted by Crippen LogP contribution is 2.30. The molecule has 1 aliphatic carbocycles. The second kappa shape index (κ2) is 11.9. The fourth-order valence-corrected chi connectivity index (χ4v) is 6.57. The zero-order valence-corrected chi connectivity index (χ0v) is 21.5. The van der Waals surface area contributed by atoms with Gasteiger partial charge in [-0.1, -0.05) is 37.5 Å². The van der Waals surface area contributed by atoms with E-state index in [2.05, 4.69) is 5.32 Å². The fourth-order valence-electron chi connectivity index (χ4n) is 5.03. The van der Waals surface area contributed by atoms with Crippen molar-refractivity contribution in [2.75, 3.05) is 13.1 Å². The van der Waals surface area contributed by atoms with Crippen LogP contribution in [0.1, 0.15) is 38.5 Å². The van der Waals surface area contributed by atoms with E-state index in [9.17, 15) is 32.3 Å². The molecule has 204 valence electrons. The number of nitrogens with one attached hydrogen (secondary N) is 1. The predicted molar refractivity (Wildman–Crippen MR) is 134 cm³/mol. The van der Waals surface area contributed by atoms with Gasteiger partial charge in [-0.05, 0) is 55.2 Å². The minimum absolute atomic E-state index is 0.0860. The zero-order valence-electron chi connectivity index (χ0n) is 20.7. The molecule has 2 unspecified atom stereocenters. The molecule has 1 aliphatic heterocycles. The summed E-state index contributed by atoms with van der Waals surface area (Å²) in [4.78, 5) is 39.1. The van der Waals surface area contributed by atoms with Crippen LogP contribution in [0.25, 0.3) is 0 Å².